The first-order chi connectivity index (χ1) is 9.06. The van der Waals surface area contributed by atoms with Crippen LogP contribution in [-0.2, 0) is 6.54 Å². The van der Waals surface area contributed by atoms with Gasteiger partial charge in [-0.1, -0.05) is 18.2 Å². The molecule has 0 aromatic heterocycles. The summed E-state index contributed by atoms with van der Waals surface area (Å²) in [6.45, 7) is 0.471. The molecule has 0 aliphatic rings. The Balaban J connectivity index is 2.12. The number of carbonyl (C=O) groups is 1. The van der Waals surface area contributed by atoms with Gasteiger partial charge >= 0.3 is 0 Å². The molecule has 4 heteroatoms. The van der Waals surface area contributed by atoms with Crippen LogP contribution in [0.5, 0.6) is 5.75 Å². The number of aromatic hydroxyl groups is 1. The van der Waals surface area contributed by atoms with Gasteiger partial charge in [-0.2, -0.15) is 0 Å². The molecule has 0 heterocycles. The molecule has 0 saturated heterocycles. The fourth-order valence-corrected chi connectivity index (χ4v) is 2.39. The third-order valence-electron chi connectivity index (χ3n) is 2.75. The molecule has 0 fully saturated rings. The first kappa shape index (κ1) is 13.9. The maximum absolute atomic E-state index is 12.2. The van der Waals surface area contributed by atoms with Crippen molar-refractivity contribution in [1.29, 1.82) is 0 Å². The SMILES string of the molecule is CN(Cc1cccc(O)c1)C(=O)c1cccc(I)c1. The zero-order valence-corrected chi connectivity index (χ0v) is 12.7. The lowest BCUT2D eigenvalue weighted by Crippen LogP contribution is -2.26. The molecule has 0 aliphatic heterocycles. The summed E-state index contributed by atoms with van der Waals surface area (Å²) < 4.78 is 1.04. The number of carbonyl (C=O) groups excluding carboxylic acids is 1. The normalized spacial score (nSPS) is 10.2. The molecule has 0 radical (unpaired) electrons. The second-order valence-corrected chi connectivity index (χ2v) is 5.59. The van der Waals surface area contributed by atoms with Crippen molar-refractivity contribution in [2.45, 2.75) is 6.54 Å². The molecule has 0 spiro atoms. The molecule has 2 rings (SSSR count). The van der Waals surface area contributed by atoms with E-state index in [1.807, 2.05) is 30.3 Å². The molecule has 2 aromatic carbocycles. The summed E-state index contributed by atoms with van der Waals surface area (Å²) in [4.78, 5) is 13.9. The van der Waals surface area contributed by atoms with Crippen LogP contribution in [0.2, 0.25) is 0 Å². The van der Waals surface area contributed by atoms with E-state index in [0.717, 1.165) is 9.13 Å². The van der Waals surface area contributed by atoms with Gasteiger partial charge in [-0.25, -0.2) is 0 Å². The summed E-state index contributed by atoms with van der Waals surface area (Å²) in [6.07, 6.45) is 0. The van der Waals surface area contributed by atoms with Crippen LogP contribution >= 0.6 is 22.6 Å². The van der Waals surface area contributed by atoms with Gasteiger partial charge in [-0.15, -0.1) is 0 Å². The number of rotatable bonds is 3. The Morgan fingerprint density at radius 1 is 1.21 bits per heavy atom. The highest BCUT2D eigenvalue weighted by atomic mass is 127. The van der Waals surface area contributed by atoms with Crippen LogP contribution in [-0.4, -0.2) is 23.0 Å². The molecule has 1 N–H and O–H groups in total. The molecule has 2 aromatic rings. The lowest BCUT2D eigenvalue weighted by molar-refractivity contribution is 0.0785. The van der Waals surface area contributed by atoms with Gasteiger partial charge in [-0.05, 0) is 58.5 Å². The van der Waals surface area contributed by atoms with Crippen molar-refractivity contribution in [2.75, 3.05) is 7.05 Å². The van der Waals surface area contributed by atoms with E-state index in [9.17, 15) is 9.90 Å². The molecule has 19 heavy (non-hydrogen) atoms. The lowest BCUT2D eigenvalue weighted by Gasteiger charge is -2.17. The van der Waals surface area contributed by atoms with Gasteiger partial charge in [0, 0.05) is 22.7 Å². The fraction of sp³-hybridized carbons (Fsp3) is 0.133. The van der Waals surface area contributed by atoms with Gasteiger partial charge in [0.1, 0.15) is 5.75 Å². The molecule has 0 bridgehead atoms. The van der Waals surface area contributed by atoms with E-state index in [2.05, 4.69) is 22.6 Å². The zero-order valence-electron chi connectivity index (χ0n) is 10.5. The van der Waals surface area contributed by atoms with Crippen LogP contribution in [0.3, 0.4) is 0 Å². The van der Waals surface area contributed by atoms with Crippen molar-refractivity contribution in [3.8, 4) is 5.75 Å². The second kappa shape index (κ2) is 6.06. The van der Waals surface area contributed by atoms with Gasteiger partial charge in [0.15, 0.2) is 0 Å². The van der Waals surface area contributed by atoms with E-state index in [4.69, 9.17) is 0 Å². The first-order valence-corrected chi connectivity index (χ1v) is 6.93. The third-order valence-corrected chi connectivity index (χ3v) is 3.42. The minimum atomic E-state index is -0.0261. The van der Waals surface area contributed by atoms with E-state index in [1.165, 1.54) is 0 Å². The number of benzene rings is 2. The number of hydrogen-bond donors (Lipinski definition) is 1. The van der Waals surface area contributed by atoms with Gasteiger partial charge < -0.3 is 10.0 Å². The smallest absolute Gasteiger partial charge is 0.253 e. The molecular weight excluding hydrogens is 353 g/mol. The molecule has 3 nitrogen and oxygen atoms in total. The average Bonchev–Trinajstić information content (AvgIpc) is 2.38. The van der Waals surface area contributed by atoms with Crippen LogP contribution in [0, 0.1) is 3.57 Å². The topological polar surface area (TPSA) is 40.5 Å². The molecule has 0 unspecified atom stereocenters. The van der Waals surface area contributed by atoms with Crippen molar-refractivity contribution in [3.63, 3.8) is 0 Å². The Bertz CT molecular complexity index is 598. The maximum atomic E-state index is 12.2. The van der Waals surface area contributed by atoms with Crippen LogP contribution < -0.4 is 0 Å². The Morgan fingerprint density at radius 3 is 2.63 bits per heavy atom. The Morgan fingerprint density at radius 2 is 1.95 bits per heavy atom. The van der Waals surface area contributed by atoms with Crippen LogP contribution in [0.4, 0.5) is 0 Å². The summed E-state index contributed by atoms with van der Waals surface area (Å²) in [5, 5.41) is 9.41. The predicted molar refractivity (Wildman–Crippen MR) is 83.1 cm³/mol. The Kier molecular flexibility index (Phi) is 4.42. The zero-order chi connectivity index (χ0) is 13.8. The van der Waals surface area contributed by atoms with Crippen molar-refractivity contribution in [2.24, 2.45) is 0 Å². The van der Waals surface area contributed by atoms with E-state index in [0.29, 0.717) is 12.1 Å². The maximum Gasteiger partial charge on any atom is 0.253 e. The number of nitrogens with zero attached hydrogens (tertiary/aromatic N) is 1. The van der Waals surface area contributed by atoms with Crippen molar-refractivity contribution in [3.05, 3.63) is 63.2 Å². The molecule has 98 valence electrons. The average molecular weight is 367 g/mol. The quantitative estimate of drug-likeness (QED) is 0.846. The minimum absolute atomic E-state index is 0.0261. The minimum Gasteiger partial charge on any atom is -0.508 e. The fourth-order valence-electron chi connectivity index (χ4n) is 1.84. The van der Waals surface area contributed by atoms with Crippen molar-refractivity contribution < 1.29 is 9.90 Å². The summed E-state index contributed by atoms with van der Waals surface area (Å²) in [5.41, 5.74) is 1.58. The van der Waals surface area contributed by atoms with Gasteiger partial charge in [0.05, 0.1) is 0 Å². The van der Waals surface area contributed by atoms with Gasteiger partial charge in [-0.3, -0.25) is 4.79 Å². The van der Waals surface area contributed by atoms with E-state index in [-0.39, 0.29) is 11.7 Å². The van der Waals surface area contributed by atoms with Crippen LogP contribution in [0.15, 0.2) is 48.5 Å². The highest BCUT2D eigenvalue weighted by Gasteiger charge is 2.12. The standard InChI is InChI=1S/C15H14INO2/c1-17(10-11-4-2-7-14(18)8-11)15(19)12-5-3-6-13(16)9-12/h2-9,18H,10H2,1H3. The molecule has 0 atom stereocenters. The van der Waals surface area contributed by atoms with Gasteiger partial charge in [0.2, 0.25) is 0 Å². The van der Waals surface area contributed by atoms with Crippen LogP contribution in [0.1, 0.15) is 15.9 Å². The highest BCUT2D eigenvalue weighted by molar-refractivity contribution is 14.1. The molecular formula is C15H14INO2. The monoisotopic (exact) mass is 367 g/mol. The number of phenolic OH excluding ortho intramolecular Hbond substituents is 1. The summed E-state index contributed by atoms with van der Waals surface area (Å²) in [7, 11) is 1.76. The van der Waals surface area contributed by atoms with E-state index in [1.54, 1.807) is 30.1 Å². The molecule has 0 aliphatic carbocycles. The van der Waals surface area contributed by atoms with Gasteiger partial charge in [0.25, 0.3) is 5.91 Å². The lowest BCUT2D eigenvalue weighted by atomic mass is 10.1. The largest absolute Gasteiger partial charge is 0.508 e. The number of amides is 1. The number of halogens is 1. The van der Waals surface area contributed by atoms with E-state index >= 15 is 0 Å². The highest BCUT2D eigenvalue weighted by Crippen LogP contribution is 2.15. The molecule has 0 saturated carbocycles. The predicted octanol–water partition coefficient (Wildman–Crippen LogP) is 3.27. The number of phenols is 1. The second-order valence-electron chi connectivity index (χ2n) is 4.34. The first-order valence-electron chi connectivity index (χ1n) is 5.85. The number of hydrogen-bond acceptors (Lipinski definition) is 2. The van der Waals surface area contributed by atoms with Crippen molar-refractivity contribution >= 4 is 28.5 Å². The molecule has 1 amide bonds. The Hall–Kier alpha value is -1.56. The summed E-state index contributed by atoms with van der Waals surface area (Å²) in [6, 6.07) is 14.4. The summed E-state index contributed by atoms with van der Waals surface area (Å²) in [5.74, 6) is 0.189. The van der Waals surface area contributed by atoms with E-state index < -0.39 is 0 Å². The summed E-state index contributed by atoms with van der Waals surface area (Å²) >= 11 is 2.19. The third kappa shape index (κ3) is 3.70. The van der Waals surface area contributed by atoms with Crippen LogP contribution in [0.25, 0.3) is 0 Å². The van der Waals surface area contributed by atoms with Crippen molar-refractivity contribution in [1.82, 2.24) is 4.90 Å². The Labute approximate surface area is 126 Å².